The summed E-state index contributed by atoms with van der Waals surface area (Å²) >= 11 is 0. The van der Waals surface area contributed by atoms with Crippen LogP contribution in [0.5, 0.6) is 0 Å². The molecular weight excluding hydrogens is 220 g/mol. The summed E-state index contributed by atoms with van der Waals surface area (Å²) < 4.78 is 5.48. The van der Waals surface area contributed by atoms with E-state index in [-0.39, 0.29) is 0 Å². The first-order valence-corrected chi connectivity index (χ1v) is 7.97. The number of allylic oxidation sites excluding steroid dienone is 1. The minimum absolute atomic E-state index is 0.560. The highest BCUT2D eigenvalue weighted by Crippen LogP contribution is 2.41. The normalized spacial score (nSPS) is 37.4. The van der Waals surface area contributed by atoms with E-state index in [0.29, 0.717) is 6.10 Å². The van der Waals surface area contributed by atoms with Gasteiger partial charge in [-0.1, -0.05) is 18.9 Å². The second-order valence-corrected chi connectivity index (χ2v) is 6.42. The average Bonchev–Trinajstić information content (AvgIpc) is 2.46. The van der Waals surface area contributed by atoms with Gasteiger partial charge in [0.2, 0.25) is 0 Å². The van der Waals surface area contributed by atoms with Gasteiger partial charge in [-0.25, -0.2) is 0 Å². The van der Waals surface area contributed by atoms with E-state index >= 15 is 0 Å². The molecule has 0 amide bonds. The molecule has 2 saturated carbocycles. The first kappa shape index (κ1) is 14.1. The molecule has 18 heavy (non-hydrogen) atoms. The van der Waals surface area contributed by atoms with E-state index < -0.39 is 0 Å². The van der Waals surface area contributed by atoms with Gasteiger partial charge in [0.1, 0.15) is 0 Å². The van der Waals surface area contributed by atoms with Crippen molar-refractivity contribution < 1.29 is 4.74 Å². The van der Waals surface area contributed by atoms with E-state index in [1.807, 2.05) is 7.11 Å². The van der Waals surface area contributed by atoms with E-state index in [4.69, 9.17) is 4.74 Å². The van der Waals surface area contributed by atoms with Gasteiger partial charge >= 0.3 is 0 Å². The Morgan fingerprint density at radius 2 is 1.50 bits per heavy atom. The van der Waals surface area contributed by atoms with Crippen molar-refractivity contribution in [3.63, 3.8) is 0 Å². The van der Waals surface area contributed by atoms with Gasteiger partial charge < -0.3 is 4.74 Å². The Hall–Kier alpha value is -0.300. The molecule has 0 spiro atoms. The summed E-state index contributed by atoms with van der Waals surface area (Å²) in [6, 6.07) is 0. The Bertz CT molecular complexity index is 232. The van der Waals surface area contributed by atoms with Crippen LogP contribution in [-0.4, -0.2) is 13.2 Å². The standard InChI is InChI=1S/C17H30O/c1-3-4-5-14-6-8-15(9-7-14)16-10-12-17(18-2)13-11-16/h3,14-17H,1,4-13H2,2H3/t14-,15-,16?,17?. The lowest BCUT2D eigenvalue weighted by molar-refractivity contribution is 0.0392. The molecule has 104 valence electrons. The Morgan fingerprint density at radius 3 is 2.00 bits per heavy atom. The minimum atomic E-state index is 0.560. The molecule has 0 unspecified atom stereocenters. The summed E-state index contributed by atoms with van der Waals surface area (Å²) in [4.78, 5) is 0. The number of hydrogen-bond donors (Lipinski definition) is 0. The quantitative estimate of drug-likeness (QED) is 0.626. The molecule has 1 heteroatoms. The number of hydrogen-bond acceptors (Lipinski definition) is 1. The molecule has 0 aromatic rings. The zero-order valence-corrected chi connectivity index (χ0v) is 12.1. The van der Waals surface area contributed by atoms with E-state index in [1.165, 1.54) is 64.2 Å². The second-order valence-electron chi connectivity index (χ2n) is 6.42. The monoisotopic (exact) mass is 250 g/mol. The molecular formula is C17H30O. The van der Waals surface area contributed by atoms with Gasteiger partial charge in [-0.15, -0.1) is 6.58 Å². The number of ether oxygens (including phenoxy) is 1. The summed E-state index contributed by atoms with van der Waals surface area (Å²) in [6.45, 7) is 3.84. The lowest BCUT2D eigenvalue weighted by Crippen LogP contribution is -2.28. The van der Waals surface area contributed by atoms with Crippen molar-refractivity contribution in [2.45, 2.75) is 70.3 Å². The van der Waals surface area contributed by atoms with Crippen LogP contribution in [-0.2, 0) is 4.74 Å². The van der Waals surface area contributed by atoms with Gasteiger partial charge in [0.15, 0.2) is 0 Å². The smallest absolute Gasteiger partial charge is 0.0571 e. The van der Waals surface area contributed by atoms with Crippen molar-refractivity contribution in [2.75, 3.05) is 7.11 Å². The Labute approximate surface area is 113 Å². The van der Waals surface area contributed by atoms with Crippen LogP contribution in [0.25, 0.3) is 0 Å². The molecule has 0 N–H and O–H groups in total. The number of rotatable bonds is 5. The van der Waals surface area contributed by atoms with Gasteiger partial charge in [-0.05, 0) is 69.1 Å². The molecule has 0 aliphatic heterocycles. The van der Waals surface area contributed by atoms with E-state index in [2.05, 4.69) is 12.7 Å². The maximum atomic E-state index is 5.48. The molecule has 0 aromatic heterocycles. The van der Waals surface area contributed by atoms with Gasteiger partial charge in [-0.3, -0.25) is 0 Å². The lowest BCUT2D eigenvalue weighted by atomic mass is 9.70. The fraction of sp³-hybridized carbons (Fsp3) is 0.882. The highest BCUT2D eigenvalue weighted by molar-refractivity contribution is 4.83. The largest absolute Gasteiger partial charge is 0.381 e. The Balaban J connectivity index is 1.68. The molecule has 0 atom stereocenters. The molecule has 1 nitrogen and oxygen atoms in total. The van der Waals surface area contributed by atoms with Gasteiger partial charge in [0.25, 0.3) is 0 Å². The van der Waals surface area contributed by atoms with Crippen molar-refractivity contribution in [1.29, 1.82) is 0 Å². The summed E-state index contributed by atoms with van der Waals surface area (Å²) in [5.41, 5.74) is 0. The molecule has 0 saturated heterocycles. The highest BCUT2D eigenvalue weighted by Gasteiger charge is 2.30. The van der Waals surface area contributed by atoms with Crippen molar-refractivity contribution >= 4 is 0 Å². The van der Waals surface area contributed by atoms with Crippen LogP contribution in [0.2, 0.25) is 0 Å². The van der Waals surface area contributed by atoms with Crippen molar-refractivity contribution in [3.05, 3.63) is 12.7 Å². The average molecular weight is 250 g/mol. The topological polar surface area (TPSA) is 9.23 Å². The first-order chi connectivity index (χ1) is 8.83. The third-order valence-corrected chi connectivity index (χ3v) is 5.39. The minimum Gasteiger partial charge on any atom is -0.381 e. The predicted molar refractivity (Wildman–Crippen MR) is 77.6 cm³/mol. The van der Waals surface area contributed by atoms with Crippen molar-refractivity contribution in [3.8, 4) is 0 Å². The van der Waals surface area contributed by atoms with E-state index in [9.17, 15) is 0 Å². The molecule has 0 radical (unpaired) electrons. The van der Waals surface area contributed by atoms with Crippen LogP contribution >= 0.6 is 0 Å². The molecule has 0 bridgehead atoms. The van der Waals surface area contributed by atoms with E-state index in [0.717, 1.165) is 17.8 Å². The SMILES string of the molecule is C=CCC[C@H]1CC[C@H](C2CCC(OC)CC2)CC1. The highest BCUT2D eigenvalue weighted by atomic mass is 16.5. The summed E-state index contributed by atoms with van der Waals surface area (Å²) in [7, 11) is 1.87. The summed E-state index contributed by atoms with van der Waals surface area (Å²) in [5, 5.41) is 0. The molecule has 2 fully saturated rings. The fourth-order valence-corrected chi connectivity index (χ4v) is 4.10. The second kappa shape index (κ2) is 7.33. The van der Waals surface area contributed by atoms with Crippen LogP contribution < -0.4 is 0 Å². The third kappa shape index (κ3) is 3.85. The number of methoxy groups -OCH3 is 1. The maximum absolute atomic E-state index is 5.48. The molecule has 2 aliphatic carbocycles. The van der Waals surface area contributed by atoms with Gasteiger partial charge in [0, 0.05) is 7.11 Å². The van der Waals surface area contributed by atoms with E-state index in [1.54, 1.807) is 0 Å². The third-order valence-electron chi connectivity index (χ3n) is 5.39. The molecule has 0 heterocycles. The van der Waals surface area contributed by atoms with Crippen molar-refractivity contribution in [1.82, 2.24) is 0 Å². The summed E-state index contributed by atoms with van der Waals surface area (Å²) in [6.07, 6.45) is 16.6. The fourth-order valence-electron chi connectivity index (χ4n) is 4.10. The lowest BCUT2D eigenvalue weighted by Gasteiger charge is -2.37. The predicted octanol–water partition coefficient (Wildman–Crippen LogP) is 4.96. The van der Waals surface area contributed by atoms with Crippen LogP contribution in [0.3, 0.4) is 0 Å². The van der Waals surface area contributed by atoms with Crippen LogP contribution in [0.1, 0.15) is 64.2 Å². The van der Waals surface area contributed by atoms with Gasteiger partial charge in [0.05, 0.1) is 6.10 Å². The Morgan fingerprint density at radius 1 is 0.944 bits per heavy atom. The molecule has 2 aliphatic rings. The zero-order chi connectivity index (χ0) is 12.8. The van der Waals surface area contributed by atoms with Crippen molar-refractivity contribution in [2.24, 2.45) is 17.8 Å². The first-order valence-electron chi connectivity index (χ1n) is 7.97. The Kier molecular flexibility index (Phi) is 5.75. The van der Waals surface area contributed by atoms with Crippen LogP contribution in [0.15, 0.2) is 12.7 Å². The summed E-state index contributed by atoms with van der Waals surface area (Å²) in [5.74, 6) is 3.04. The van der Waals surface area contributed by atoms with Crippen LogP contribution in [0.4, 0.5) is 0 Å². The molecule has 2 rings (SSSR count). The van der Waals surface area contributed by atoms with Crippen LogP contribution in [0, 0.1) is 17.8 Å². The zero-order valence-electron chi connectivity index (χ0n) is 12.1. The van der Waals surface area contributed by atoms with Gasteiger partial charge in [-0.2, -0.15) is 0 Å². The molecule has 0 aromatic carbocycles. The maximum Gasteiger partial charge on any atom is 0.0571 e.